The average Bonchev–Trinajstić information content (AvgIpc) is 2.14. The Morgan fingerprint density at radius 1 is 1.46 bits per heavy atom. The lowest BCUT2D eigenvalue weighted by Crippen LogP contribution is -2.39. The van der Waals surface area contributed by atoms with Gasteiger partial charge >= 0.3 is 0 Å². The summed E-state index contributed by atoms with van der Waals surface area (Å²) in [6, 6.07) is 0. The molecule has 0 heterocycles. The van der Waals surface area contributed by atoms with E-state index in [2.05, 4.69) is 5.32 Å². The van der Waals surface area contributed by atoms with Gasteiger partial charge in [-0.05, 0) is 6.42 Å². The number of hydrogen-bond donors (Lipinski definition) is 1. The van der Waals surface area contributed by atoms with E-state index in [1.165, 1.54) is 4.90 Å². The molecule has 0 radical (unpaired) electrons. The molecule has 1 N–H and O–H groups in total. The molecular weight excluding hydrogens is 168 g/mol. The maximum Gasteiger partial charge on any atom is 0.239 e. The van der Waals surface area contributed by atoms with Gasteiger partial charge in [-0.25, -0.2) is 0 Å². The Morgan fingerprint density at radius 2 is 2.00 bits per heavy atom. The van der Waals surface area contributed by atoms with Crippen molar-refractivity contribution in [3.63, 3.8) is 0 Å². The zero-order valence-corrected chi connectivity index (χ0v) is 8.76. The number of carbonyl (C=O) groups is 2. The summed E-state index contributed by atoms with van der Waals surface area (Å²) < 4.78 is 0. The van der Waals surface area contributed by atoms with E-state index >= 15 is 0 Å². The number of amides is 2. The Bertz CT molecular complexity index is 192. The van der Waals surface area contributed by atoms with E-state index in [0.29, 0.717) is 0 Å². The van der Waals surface area contributed by atoms with Gasteiger partial charge in [0.25, 0.3) is 0 Å². The van der Waals surface area contributed by atoms with Crippen LogP contribution in [0, 0.1) is 5.92 Å². The first-order valence-electron chi connectivity index (χ1n) is 4.48. The fourth-order valence-corrected chi connectivity index (χ4v) is 0.923. The number of likely N-dealkylation sites (N-methyl/N-ethyl adjacent to an activating group) is 2. The second kappa shape index (κ2) is 5.56. The standard InChI is InChI=1S/C9H18N2O2/c1-5-7(2)9(13)11(4)6-8(12)10-3/h7H,5-6H2,1-4H3,(H,10,12). The summed E-state index contributed by atoms with van der Waals surface area (Å²) in [7, 11) is 3.20. The first kappa shape index (κ1) is 11.9. The van der Waals surface area contributed by atoms with Crippen molar-refractivity contribution < 1.29 is 9.59 Å². The predicted molar refractivity (Wildman–Crippen MR) is 51.2 cm³/mol. The van der Waals surface area contributed by atoms with E-state index in [0.717, 1.165) is 6.42 Å². The fourth-order valence-electron chi connectivity index (χ4n) is 0.923. The monoisotopic (exact) mass is 186 g/mol. The van der Waals surface area contributed by atoms with Crippen LogP contribution in [0.25, 0.3) is 0 Å². The van der Waals surface area contributed by atoms with Crippen molar-refractivity contribution in [2.45, 2.75) is 20.3 Å². The van der Waals surface area contributed by atoms with Crippen molar-refractivity contribution in [1.29, 1.82) is 0 Å². The van der Waals surface area contributed by atoms with Gasteiger partial charge < -0.3 is 10.2 Å². The second-order valence-corrected chi connectivity index (χ2v) is 3.18. The van der Waals surface area contributed by atoms with Crippen LogP contribution in [0.15, 0.2) is 0 Å². The third-order valence-electron chi connectivity index (χ3n) is 2.07. The van der Waals surface area contributed by atoms with Gasteiger partial charge in [-0.3, -0.25) is 9.59 Å². The topological polar surface area (TPSA) is 49.4 Å². The van der Waals surface area contributed by atoms with Crippen LogP contribution in [0.2, 0.25) is 0 Å². The van der Waals surface area contributed by atoms with E-state index in [-0.39, 0.29) is 24.3 Å². The van der Waals surface area contributed by atoms with Gasteiger partial charge in [0.05, 0.1) is 6.54 Å². The Labute approximate surface area is 79.3 Å². The summed E-state index contributed by atoms with van der Waals surface area (Å²) in [4.78, 5) is 23.9. The summed E-state index contributed by atoms with van der Waals surface area (Å²) in [5, 5.41) is 2.47. The van der Waals surface area contributed by atoms with Crippen LogP contribution >= 0.6 is 0 Å². The third-order valence-corrected chi connectivity index (χ3v) is 2.07. The zero-order chi connectivity index (χ0) is 10.4. The van der Waals surface area contributed by atoms with Crippen LogP contribution < -0.4 is 5.32 Å². The van der Waals surface area contributed by atoms with Gasteiger partial charge in [0.15, 0.2) is 0 Å². The van der Waals surface area contributed by atoms with Crippen LogP contribution in [0.5, 0.6) is 0 Å². The molecule has 0 bridgehead atoms. The highest BCUT2D eigenvalue weighted by atomic mass is 16.2. The Hall–Kier alpha value is -1.06. The first-order chi connectivity index (χ1) is 6.02. The third kappa shape index (κ3) is 3.92. The van der Waals surface area contributed by atoms with E-state index in [1.807, 2.05) is 13.8 Å². The minimum atomic E-state index is -0.140. The number of hydrogen-bond acceptors (Lipinski definition) is 2. The molecule has 4 heteroatoms. The summed E-state index contributed by atoms with van der Waals surface area (Å²) in [5.74, 6) is -0.125. The molecule has 0 saturated carbocycles. The van der Waals surface area contributed by atoms with Crippen molar-refractivity contribution in [2.75, 3.05) is 20.6 Å². The van der Waals surface area contributed by atoms with Crippen molar-refractivity contribution >= 4 is 11.8 Å². The predicted octanol–water partition coefficient (Wildman–Crippen LogP) is 0.237. The molecule has 0 fully saturated rings. The van der Waals surface area contributed by atoms with Gasteiger partial charge in [0.2, 0.25) is 11.8 Å². The van der Waals surface area contributed by atoms with Crippen LogP contribution in [-0.2, 0) is 9.59 Å². The molecule has 13 heavy (non-hydrogen) atoms. The molecule has 2 amide bonds. The maximum absolute atomic E-state index is 11.5. The summed E-state index contributed by atoms with van der Waals surface area (Å²) >= 11 is 0. The van der Waals surface area contributed by atoms with Gasteiger partial charge in [0.1, 0.15) is 0 Å². The largest absolute Gasteiger partial charge is 0.358 e. The van der Waals surface area contributed by atoms with Gasteiger partial charge in [-0.15, -0.1) is 0 Å². The van der Waals surface area contributed by atoms with Crippen molar-refractivity contribution in [3.8, 4) is 0 Å². The Balaban J connectivity index is 4.03. The quantitative estimate of drug-likeness (QED) is 0.683. The molecule has 1 atom stereocenters. The SMILES string of the molecule is CCC(C)C(=O)N(C)CC(=O)NC. The van der Waals surface area contributed by atoms with Crippen molar-refractivity contribution in [1.82, 2.24) is 10.2 Å². The molecule has 0 spiro atoms. The molecule has 0 aliphatic carbocycles. The minimum Gasteiger partial charge on any atom is -0.358 e. The molecule has 1 unspecified atom stereocenters. The highest BCUT2D eigenvalue weighted by molar-refractivity contribution is 5.85. The normalized spacial score (nSPS) is 12.0. The molecule has 4 nitrogen and oxygen atoms in total. The number of nitrogens with zero attached hydrogens (tertiary/aromatic N) is 1. The first-order valence-corrected chi connectivity index (χ1v) is 4.48. The molecule has 0 aliphatic rings. The molecule has 76 valence electrons. The second-order valence-electron chi connectivity index (χ2n) is 3.18. The summed E-state index contributed by atoms with van der Waals surface area (Å²) in [6.45, 7) is 3.96. The number of rotatable bonds is 4. The van der Waals surface area contributed by atoms with Gasteiger partial charge in [-0.1, -0.05) is 13.8 Å². The Kier molecular flexibility index (Phi) is 5.11. The van der Waals surface area contributed by atoms with E-state index in [1.54, 1.807) is 14.1 Å². The average molecular weight is 186 g/mol. The smallest absolute Gasteiger partial charge is 0.239 e. The Morgan fingerprint density at radius 3 is 2.38 bits per heavy atom. The molecule has 0 aromatic carbocycles. The maximum atomic E-state index is 11.5. The van der Waals surface area contributed by atoms with E-state index in [4.69, 9.17) is 0 Å². The zero-order valence-electron chi connectivity index (χ0n) is 8.76. The number of nitrogens with one attached hydrogen (secondary N) is 1. The van der Waals surface area contributed by atoms with E-state index in [9.17, 15) is 9.59 Å². The summed E-state index contributed by atoms with van der Waals surface area (Å²) in [6.07, 6.45) is 0.802. The molecule has 0 aliphatic heterocycles. The van der Waals surface area contributed by atoms with Crippen molar-refractivity contribution in [2.24, 2.45) is 5.92 Å². The number of carbonyl (C=O) groups excluding carboxylic acids is 2. The van der Waals surface area contributed by atoms with Crippen LogP contribution in [0.3, 0.4) is 0 Å². The lowest BCUT2D eigenvalue weighted by Gasteiger charge is -2.19. The van der Waals surface area contributed by atoms with E-state index < -0.39 is 0 Å². The molecule has 0 rings (SSSR count). The highest BCUT2D eigenvalue weighted by Gasteiger charge is 2.16. The molecule has 0 aromatic heterocycles. The highest BCUT2D eigenvalue weighted by Crippen LogP contribution is 2.04. The molecule has 0 aromatic rings. The lowest BCUT2D eigenvalue weighted by atomic mass is 10.1. The van der Waals surface area contributed by atoms with Gasteiger partial charge in [0, 0.05) is 20.0 Å². The lowest BCUT2D eigenvalue weighted by molar-refractivity contribution is -0.137. The summed E-state index contributed by atoms with van der Waals surface area (Å²) in [5.41, 5.74) is 0. The van der Waals surface area contributed by atoms with Crippen LogP contribution in [0.4, 0.5) is 0 Å². The molecular formula is C9H18N2O2. The molecule has 0 saturated heterocycles. The van der Waals surface area contributed by atoms with Crippen LogP contribution in [-0.4, -0.2) is 37.4 Å². The minimum absolute atomic E-state index is 0.00495. The van der Waals surface area contributed by atoms with Crippen LogP contribution in [0.1, 0.15) is 20.3 Å². The van der Waals surface area contributed by atoms with Gasteiger partial charge in [-0.2, -0.15) is 0 Å². The fraction of sp³-hybridized carbons (Fsp3) is 0.778. The van der Waals surface area contributed by atoms with Crippen molar-refractivity contribution in [3.05, 3.63) is 0 Å².